The number of nitrogens with zero attached hydrogens (tertiary/aromatic N) is 1. The van der Waals surface area contributed by atoms with Crippen LogP contribution in [0.2, 0.25) is 0 Å². The fourth-order valence-electron chi connectivity index (χ4n) is 6.72. The van der Waals surface area contributed by atoms with Gasteiger partial charge in [0.1, 0.15) is 19.3 Å². The summed E-state index contributed by atoms with van der Waals surface area (Å²) in [6, 6.07) is 0. The Bertz CT molecular complexity index is 1100. The Labute approximate surface area is 371 Å². The van der Waals surface area contributed by atoms with E-state index < -0.39 is 13.9 Å². The summed E-state index contributed by atoms with van der Waals surface area (Å²) in [4.78, 5) is 25.1. The largest absolute Gasteiger partial charge is 0.756 e. The zero-order chi connectivity index (χ0) is 44.1. The first kappa shape index (κ1) is 58.5. The first-order chi connectivity index (χ1) is 29.1. The predicted molar refractivity (Wildman–Crippen MR) is 254 cm³/mol. The predicted octanol–water partition coefficient (Wildman–Crippen LogP) is 14.5. The molecule has 0 heterocycles. The summed E-state index contributed by atoms with van der Waals surface area (Å²) in [5.41, 5.74) is 0. The van der Waals surface area contributed by atoms with Crippen molar-refractivity contribution >= 4 is 13.8 Å². The Balaban J connectivity index is 4.14. The van der Waals surface area contributed by atoms with Crippen molar-refractivity contribution in [2.75, 3.05) is 54.1 Å². The van der Waals surface area contributed by atoms with Gasteiger partial charge >= 0.3 is 5.97 Å². The van der Waals surface area contributed by atoms with Crippen molar-refractivity contribution in [3.63, 3.8) is 0 Å². The van der Waals surface area contributed by atoms with Gasteiger partial charge in [0.25, 0.3) is 7.82 Å². The van der Waals surface area contributed by atoms with E-state index in [1.807, 2.05) is 21.1 Å². The molecule has 0 N–H and O–H groups in total. The van der Waals surface area contributed by atoms with E-state index in [9.17, 15) is 14.3 Å². The van der Waals surface area contributed by atoms with E-state index in [2.05, 4.69) is 62.5 Å². The van der Waals surface area contributed by atoms with Gasteiger partial charge in [-0.25, -0.2) is 0 Å². The number of phosphoric acid groups is 1. The third kappa shape index (κ3) is 47.5. The molecule has 0 aliphatic rings. The summed E-state index contributed by atoms with van der Waals surface area (Å²) in [5.74, 6) is -0.345. The van der Waals surface area contributed by atoms with Crippen molar-refractivity contribution in [2.45, 2.75) is 219 Å². The van der Waals surface area contributed by atoms with Crippen LogP contribution in [0, 0.1) is 0 Å². The van der Waals surface area contributed by atoms with E-state index in [1.54, 1.807) is 0 Å². The Morgan fingerprint density at radius 3 is 1.38 bits per heavy atom. The fourth-order valence-corrected chi connectivity index (χ4v) is 7.45. The van der Waals surface area contributed by atoms with Crippen LogP contribution in [0.3, 0.4) is 0 Å². The molecule has 0 fully saturated rings. The fraction of sp³-hybridized carbons (Fsp3) is 0.824. The van der Waals surface area contributed by atoms with E-state index >= 15 is 0 Å². The minimum Gasteiger partial charge on any atom is -0.756 e. The van der Waals surface area contributed by atoms with Gasteiger partial charge < -0.3 is 27.9 Å². The average Bonchev–Trinajstić information content (AvgIpc) is 3.20. The number of hydrogen-bond acceptors (Lipinski definition) is 7. The van der Waals surface area contributed by atoms with Crippen LogP contribution >= 0.6 is 7.82 Å². The Morgan fingerprint density at radius 2 is 0.917 bits per heavy atom. The number of likely N-dealkylation sites (N-methyl/N-ethyl adjacent to an activating group) is 1. The maximum Gasteiger partial charge on any atom is 0.306 e. The van der Waals surface area contributed by atoms with Crippen LogP contribution < -0.4 is 4.89 Å². The standard InChI is InChI=1S/C51H96NO7P/c1-6-8-10-12-14-16-18-20-22-23-24-25-26-27-28-29-30-31-33-35-37-39-41-43-46-56-48-50(49-58-60(54,55)57-47-45-52(3,4)5)59-51(53)44-42-40-38-36-34-32-21-19-17-15-13-11-9-7-2/h18-21,23-24,26-27,50H,6-17,22,25,28-49H2,1-5H3/b20-18-,21-19-,24-23-,27-26-. The molecule has 0 rings (SSSR count). The molecule has 0 amide bonds. The summed E-state index contributed by atoms with van der Waals surface area (Å²) in [6.07, 6.45) is 54.2. The number of allylic oxidation sites excluding steroid dienone is 8. The molecule has 0 aliphatic carbocycles. The highest BCUT2D eigenvalue weighted by Crippen LogP contribution is 2.38. The zero-order valence-electron chi connectivity index (χ0n) is 39.9. The van der Waals surface area contributed by atoms with Crippen LogP contribution in [0.15, 0.2) is 48.6 Å². The summed E-state index contributed by atoms with van der Waals surface area (Å²) in [6.45, 7) is 5.38. The summed E-state index contributed by atoms with van der Waals surface area (Å²) < 4.78 is 34.7. The van der Waals surface area contributed by atoms with Crippen LogP contribution in [0.1, 0.15) is 213 Å². The van der Waals surface area contributed by atoms with Crippen LogP contribution in [0.5, 0.6) is 0 Å². The van der Waals surface area contributed by atoms with Gasteiger partial charge in [-0.05, 0) is 77.0 Å². The van der Waals surface area contributed by atoms with Gasteiger partial charge in [-0.2, -0.15) is 0 Å². The van der Waals surface area contributed by atoms with Crippen molar-refractivity contribution in [1.29, 1.82) is 0 Å². The number of phosphoric ester groups is 1. The van der Waals surface area contributed by atoms with Crippen molar-refractivity contribution in [2.24, 2.45) is 0 Å². The normalized spacial score (nSPS) is 14.0. The average molecular weight is 866 g/mol. The van der Waals surface area contributed by atoms with E-state index in [-0.39, 0.29) is 25.8 Å². The van der Waals surface area contributed by atoms with Crippen molar-refractivity contribution in [3.8, 4) is 0 Å². The molecule has 0 bridgehead atoms. The second kappa shape index (κ2) is 44.1. The smallest absolute Gasteiger partial charge is 0.306 e. The van der Waals surface area contributed by atoms with Crippen LogP contribution in [0.25, 0.3) is 0 Å². The topological polar surface area (TPSA) is 94.1 Å². The highest BCUT2D eigenvalue weighted by molar-refractivity contribution is 7.45. The SMILES string of the molecule is CCCCCCC/C=C\C/C=C\C/C=C\CCCCCCCCCCCOCC(COP(=O)([O-])OCC[N+](C)(C)C)OC(=O)CCCCCCC/C=C\CCCCCCC. The number of carbonyl (C=O) groups is 1. The molecule has 0 aromatic carbocycles. The lowest BCUT2D eigenvalue weighted by Gasteiger charge is -2.28. The van der Waals surface area contributed by atoms with Crippen LogP contribution in [-0.2, 0) is 27.9 Å². The molecule has 0 aliphatic heterocycles. The molecular formula is C51H96NO7P. The number of rotatable bonds is 46. The van der Waals surface area contributed by atoms with Crippen LogP contribution in [-0.4, -0.2) is 70.7 Å². The number of ether oxygens (including phenoxy) is 2. The quantitative estimate of drug-likeness (QED) is 0.0198. The number of esters is 1. The van der Waals surface area contributed by atoms with Gasteiger partial charge in [-0.1, -0.05) is 178 Å². The number of hydrogen-bond donors (Lipinski definition) is 0. The van der Waals surface area contributed by atoms with Gasteiger partial charge in [0, 0.05) is 13.0 Å². The second-order valence-electron chi connectivity index (χ2n) is 17.8. The maximum atomic E-state index is 12.7. The number of carbonyl (C=O) groups excluding carboxylic acids is 1. The van der Waals surface area contributed by atoms with Crippen LogP contribution in [0.4, 0.5) is 0 Å². The molecule has 2 unspecified atom stereocenters. The van der Waals surface area contributed by atoms with Gasteiger partial charge in [0.2, 0.25) is 0 Å². The molecule has 0 saturated heterocycles. The number of quaternary nitrogens is 1. The lowest BCUT2D eigenvalue weighted by molar-refractivity contribution is -0.870. The van der Waals surface area contributed by atoms with E-state index in [4.69, 9.17) is 18.5 Å². The molecule has 9 heteroatoms. The third-order valence-corrected chi connectivity index (χ3v) is 11.6. The minimum atomic E-state index is -4.53. The zero-order valence-corrected chi connectivity index (χ0v) is 40.8. The van der Waals surface area contributed by atoms with Gasteiger partial charge in [-0.3, -0.25) is 9.36 Å². The molecule has 2 atom stereocenters. The summed E-state index contributed by atoms with van der Waals surface area (Å²) >= 11 is 0. The van der Waals surface area contributed by atoms with Crippen molar-refractivity contribution in [1.82, 2.24) is 0 Å². The summed E-state index contributed by atoms with van der Waals surface area (Å²) in [7, 11) is 1.35. The Kier molecular flexibility index (Phi) is 43.0. The maximum absolute atomic E-state index is 12.7. The molecule has 0 saturated carbocycles. The Morgan fingerprint density at radius 1 is 0.517 bits per heavy atom. The van der Waals surface area contributed by atoms with Gasteiger partial charge in [0.05, 0.1) is 34.4 Å². The third-order valence-electron chi connectivity index (χ3n) is 10.6. The lowest BCUT2D eigenvalue weighted by Crippen LogP contribution is -2.37. The molecule has 60 heavy (non-hydrogen) atoms. The molecule has 0 radical (unpaired) electrons. The van der Waals surface area contributed by atoms with Gasteiger partial charge in [0.15, 0.2) is 0 Å². The van der Waals surface area contributed by atoms with E-state index in [0.717, 1.165) is 57.8 Å². The first-order valence-electron chi connectivity index (χ1n) is 24.9. The van der Waals surface area contributed by atoms with E-state index in [1.165, 1.54) is 135 Å². The Hall–Kier alpha value is -1.54. The van der Waals surface area contributed by atoms with Crippen molar-refractivity contribution in [3.05, 3.63) is 48.6 Å². The molecular weight excluding hydrogens is 770 g/mol. The first-order valence-corrected chi connectivity index (χ1v) is 26.3. The molecule has 0 aromatic rings. The molecule has 352 valence electrons. The van der Waals surface area contributed by atoms with Gasteiger partial charge in [-0.15, -0.1) is 0 Å². The lowest BCUT2D eigenvalue weighted by atomic mass is 10.1. The monoisotopic (exact) mass is 866 g/mol. The highest BCUT2D eigenvalue weighted by atomic mass is 31.2. The second-order valence-corrected chi connectivity index (χ2v) is 19.2. The highest BCUT2D eigenvalue weighted by Gasteiger charge is 2.20. The van der Waals surface area contributed by atoms with Crippen molar-refractivity contribution < 1.29 is 37.3 Å². The minimum absolute atomic E-state index is 0.0224. The molecule has 0 aromatic heterocycles. The summed E-state index contributed by atoms with van der Waals surface area (Å²) in [5, 5.41) is 0. The molecule has 0 spiro atoms. The molecule has 8 nitrogen and oxygen atoms in total. The number of unbranched alkanes of at least 4 members (excludes halogenated alkanes) is 24. The van der Waals surface area contributed by atoms with E-state index in [0.29, 0.717) is 24.1 Å².